The number of aryl methyl sites for hydroxylation is 1. The van der Waals surface area contributed by atoms with E-state index in [0.717, 1.165) is 37.1 Å². The standard InChI is InChI=1S/C12H14N4O/c1-8-6-11(14-7-13-8)16-12(17)9-4-2-3-5-10(9)15-16/h6-7,9H,2-5H2,1H3. The Kier molecular flexibility index (Phi) is 2.39. The zero-order chi connectivity index (χ0) is 11.8. The number of carbonyl (C=O) groups is 1. The maximum Gasteiger partial charge on any atom is 0.257 e. The summed E-state index contributed by atoms with van der Waals surface area (Å²) in [5.41, 5.74) is 1.87. The number of carbonyl (C=O) groups excluding carboxylic acids is 1. The highest BCUT2D eigenvalue weighted by molar-refractivity contribution is 6.15. The molecule has 0 bridgehead atoms. The molecule has 2 heterocycles. The molecule has 0 saturated heterocycles. The average molecular weight is 230 g/mol. The minimum absolute atomic E-state index is 0.000906. The van der Waals surface area contributed by atoms with Crippen molar-refractivity contribution in [3.8, 4) is 0 Å². The Labute approximate surface area is 99.6 Å². The maximum absolute atomic E-state index is 12.2. The van der Waals surface area contributed by atoms with Gasteiger partial charge in [-0.1, -0.05) is 6.42 Å². The first kappa shape index (κ1) is 10.4. The van der Waals surface area contributed by atoms with E-state index in [1.54, 1.807) is 6.07 Å². The molecule has 1 aromatic heterocycles. The van der Waals surface area contributed by atoms with Crippen molar-refractivity contribution >= 4 is 17.4 Å². The molecule has 1 amide bonds. The second-order valence-corrected chi connectivity index (χ2v) is 4.56. The van der Waals surface area contributed by atoms with Gasteiger partial charge in [-0.15, -0.1) is 0 Å². The first-order valence-electron chi connectivity index (χ1n) is 5.96. The van der Waals surface area contributed by atoms with E-state index in [0.29, 0.717) is 5.82 Å². The van der Waals surface area contributed by atoms with Gasteiger partial charge in [0, 0.05) is 11.8 Å². The van der Waals surface area contributed by atoms with Crippen LogP contribution in [0, 0.1) is 12.8 Å². The summed E-state index contributed by atoms with van der Waals surface area (Å²) in [6.07, 6.45) is 5.60. The van der Waals surface area contributed by atoms with Crippen LogP contribution in [0.25, 0.3) is 0 Å². The number of hydrazone groups is 1. The first-order valence-corrected chi connectivity index (χ1v) is 5.96. The average Bonchev–Trinajstić information content (AvgIpc) is 2.68. The largest absolute Gasteiger partial charge is 0.272 e. The number of fused-ring (bicyclic) bond motifs is 1. The topological polar surface area (TPSA) is 58.5 Å². The van der Waals surface area contributed by atoms with Gasteiger partial charge in [0.1, 0.15) is 6.33 Å². The lowest BCUT2D eigenvalue weighted by atomic mass is 9.87. The molecule has 1 unspecified atom stereocenters. The van der Waals surface area contributed by atoms with E-state index < -0.39 is 0 Å². The second-order valence-electron chi connectivity index (χ2n) is 4.56. The molecule has 1 aromatic rings. The normalized spacial score (nSPS) is 23.6. The summed E-state index contributed by atoms with van der Waals surface area (Å²) in [6, 6.07) is 1.79. The Hall–Kier alpha value is -1.78. The van der Waals surface area contributed by atoms with Crippen LogP contribution in [0.3, 0.4) is 0 Å². The van der Waals surface area contributed by atoms with Gasteiger partial charge in [0.25, 0.3) is 5.91 Å². The molecule has 1 atom stereocenters. The van der Waals surface area contributed by atoms with Gasteiger partial charge in [0.15, 0.2) is 5.82 Å². The zero-order valence-corrected chi connectivity index (χ0v) is 9.76. The van der Waals surface area contributed by atoms with Crippen LogP contribution >= 0.6 is 0 Å². The van der Waals surface area contributed by atoms with Gasteiger partial charge in [-0.2, -0.15) is 10.1 Å². The van der Waals surface area contributed by atoms with Crippen molar-refractivity contribution in [3.05, 3.63) is 18.1 Å². The van der Waals surface area contributed by atoms with Crippen molar-refractivity contribution in [2.75, 3.05) is 5.01 Å². The molecule has 5 nitrogen and oxygen atoms in total. The summed E-state index contributed by atoms with van der Waals surface area (Å²) in [4.78, 5) is 20.3. The van der Waals surface area contributed by atoms with Crippen molar-refractivity contribution in [1.29, 1.82) is 0 Å². The van der Waals surface area contributed by atoms with E-state index in [1.165, 1.54) is 11.3 Å². The second kappa shape index (κ2) is 3.91. The Bertz CT molecular complexity index is 497. The number of hydrogen-bond acceptors (Lipinski definition) is 4. The molecule has 17 heavy (non-hydrogen) atoms. The number of hydrogen-bond donors (Lipinski definition) is 0. The van der Waals surface area contributed by atoms with Gasteiger partial charge >= 0.3 is 0 Å². The molecular formula is C12H14N4O. The van der Waals surface area contributed by atoms with Crippen molar-refractivity contribution in [1.82, 2.24) is 9.97 Å². The van der Waals surface area contributed by atoms with Crippen molar-refractivity contribution < 1.29 is 4.79 Å². The first-order chi connectivity index (χ1) is 8.25. The van der Waals surface area contributed by atoms with E-state index in [4.69, 9.17) is 0 Å². The highest BCUT2D eigenvalue weighted by atomic mass is 16.2. The van der Waals surface area contributed by atoms with Crippen LogP contribution in [-0.2, 0) is 4.79 Å². The lowest BCUT2D eigenvalue weighted by Gasteiger charge is -2.16. The van der Waals surface area contributed by atoms with Crippen LogP contribution in [0.5, 0.6) is 0 Å². The Morgan fingerprint density at radius 2 is 2.24 bits per heavy atom. The quantitative estimate of drug-likeness (QED) is 0.737. The SMILES string of the molecule is Cc1cc(N2N=C3CCCCC3C2=O)ncn1. The minimum atomic E-state index is -0.000906. The molecule has 1 aliphatic heterocycles. The van der Waals surface area contributed by atoms with Gasteiger partial charge in [-0.05, 0) is 26.2 Å². The molecule has 0 aromatic carbocycles. The Balaban J connectivity index is 1.94. The number of amides is 1. The molecule has 0 radical (unpaired) electrons. The molecule has 1 saturated carbocycles. The van der Waals surface area contributed by atoms with Crippen molar-refractivity contribution in [3.63, 3.8) is 0 Å². The Morgan fingerprint density at radius 1 is 1.35 bits per heavy atom. The molecule has 88 valence electrons. The lowest BCUT2D eigenvalue weighted by Crippen LogP contribution is -2.29. The fourth-order valence-corrected chi connectivity index (χ4v) is 2.43. The van der Waals surface area contributed by atoms with Gasteiger partial charge in [0.2, 0.25) is 0 Å². The highest BCUT2D eigenvalue weighted by Crippen LogP contribution is 2.31. The zero-order valence-electron chi connectivity index (χ0n) is 9.76. The third-order valence-corrected chi connectivity index (χ3v) is 3.32. The van der Waals surface area contributed by atoms with E-state index in [1.807, 2.05) is 6.92 Å². The van der Waals surface area contributed by atoms with Crippen molar-refractivity contribution in [2.45, 2.75) is 32.6 Å². The van der Waals surface area contributed by atoms with E-state index in [9.17, 15) is 4.79 Å². The molecular weight excluding hydrogens is 216 g/mol. The summed E-state index contributed by atoms with van der Waals surface area (Å²) in [6.45, 7) is 1.88. The number of rotatable bonds is 1. The number of aromatic nitrogens is 2. The van der Waals surface area contributed by atoms with Crippen molar-refractivity contribution in [2.24, 2.45) is 11.0 Å². The fraction of sp³-hybridized carbons (Fsp3) is 0.500. The van der Waals surface area contributed by atoms with Crippen LogP contribution in [0.4, 0.5) is 5.82 Å². The fourth-order valence-electron chi connectivity index (χ4n) is 2.43. The summed E-state index contributed by atoms with van der Waals surface area (Å²) in [5.74, 6) is 0.654. The number of anilines is 1. The van der Waals surface area contributed by atoms with Crippen LogP contribution in [0.15, 0.2) is 17.5 Å². The van der Waals surface area contributed by atoms with Gasteiger partial charge in [-0.25, -0.2) is 9.97 Å². The van der Waals surface area contributed by atoms with E-state index in [2.05, 4.69) is 15.1 Å². The van der Waals surface area contributed by atoms with Crippen LogP contribution in [0.1, 0.15) is 31.4 Å². The lowest BCUT2D eigenvalue weighted by molar-refractivity contribution is -0.120. The van der Waals surface area contributed by atoms with Crippen LogP contribution in [0.2, 0.25) is 0 Å². The predicted octanol–water partition coefficient (Wildman–Crippen LogP) is 1.68. The van der Waals surface area contributed by atoms with Gasteiger partial charge in [0.05, 0.1) is 11.6 Å². The maximum atomic E-state index is 12.2. The molecule has 1 aliphatic carbocycles. The number of nitrogens with zero attached hydrogens (tertiary/aromatic N) is 4. The van der Waals surface area contributed by atoms with Crippen LogP contribution < -0.4 is 5.01 Å². The third kappa shape index (κ3) is 1.71. The third-order valence-electron chi connectivity index (χ3n) is 3.32. The van der Waals surface area contributed by atoms with Gasteiger partial charge < -0.3 is 0 Å². The minimum Gasteiger partial charge on any atom is -0.272 e. The predicted molar refractivity (Wildman–Crippen MR) is 63.6 cm³/mol. The Morgan fingerprint density at radius 3 is 3.00 bits per heavy atom. The highest BCUT2D eigenvalue weighted by Gasteiger charge is 2.38. The molecule has 0 spiro atoms. The summed E-state index contributed by atoms with van der Waals surface area (Å²) in [5, 5.41) is 5.86. The smallest absolute Gasteiger partial charge is 0.257 e. The van der Waals surface area contributed by atoms with E-state index in [-0.39, 0.29) is 11.8 Å². The molecule has 3 rings (SSSR count). The van der Waals surface area contributed by atoms with Crippen LogP contribution in [-0.4, -0.2) is 21.6 Å². The molecule has 5 heteroatoms. The molecule has 0 N–H and O–H groups in total. The van der Waals surface area contributed by atoms with Gasteiger partial charge in [-0.3, -0.25) is 4.79 Å². The summed E-state index contributed by atoms with van der Waals surface area (Å²) < 4.78 is 0. The molecule has 2 aliphatic rings. The molecule has 1 fully saturated rings. The summed E-state index contributed by atoms with van der Waals surface area (Å²) in [7, 11) is 0. The summed E-state index contributed by atoms with van der Waals surface area (Å²) >= 11 is 0. The van der Waals surface area contributed by atoms with E-state index >= 15 is 0 Å². The monoisotopic (exact) mass is 230 g/mol.